The molecule has 0 saturated carbocycles. The van der Waals surface area contributed by atoms with Gasteiger partial charge in [-0.3, -0.25) is 0 Å². The molecule has 0 aliphatic carbocycles. The quantitative estimate of drug-likeness (QED) is 0.730. The van der Waals surface area contributed by atoms with E-state index >= 15 is 0 Å². The molecular formula is C15H24FNO. The lowest BCUT2D eigenvalue weighted by Crippen LogP contribution is -2.35. The Kier molecular flexibility index (Phi) is 6.30. The normalized spacial score (nSPS) is 14.5. The van der Waals surface area contributed by atoms with Crippen molar-refractivity contribution in [2.45, 2.75) is 52.2 Å². The number of aryl methyl sites for hydroxylation is 1. The molecule has 1 aromatic rings. The number of hydrogen-bond acceptors (Lipinski definition) is 2. The standard InChI is InChI=1S/C15H24FNO/c1-4-6-9-17-14(5-2)15(18)12-7-8-13(16)11(3)10-12/h7-8,10,14-15,17-18H,4-6,9H2,1-3H3. The third kappa shape index (κ3) is 4.07. The van der Waals surface area contributed by atoms with Crippen molar-refractivity contribution in [3.63, 3.8) is 0 Å². The van der Waals surface area contributed by atoms with E-state index in [1.165, 1.54) is 6.07 Å². The Hall–Kier alpha value is -0.930. The highest BCUT2D eigenvalue weighted by Crippen LogP contribution is 2.21. The minimum atomic E-state index is -0.578. The average molecular weight is 253 g/mol. The van der Waals surface area contributed by atoms with Gasteiger partial charge in [0, 0.05) is 6.04 Å². The first-order chi connectivity index (χ1) is 8.60. The maximum atomic E-state index is 13.2. The number of unbranched alkanes of at least 4 members (excludes halogenated alkanes) is 1. The molecule has 0 radical (unpaired) electrons. The Morgan fingerprint density at radius 3 is 2.61 bits per heavy atom. The van der Waals surface area contributed by atoms with E-state index in [0.29, 0.717) is 5.56 Å². The fourth-order valence-electron chi connectivity index (χ4n) is 2.03. The Balaban J connectivity index is 2.69. The summed E-state index contributed by atoms with van der Waals surface area (Å²) in [5.74, 6) is -0.224. The van der Waals surface area contributed by atoms with Crippen LogP contribution in [-0.4, -0.2) is 17.7 Å². The van der Waals surface area contributed by atoms with Gasteiger partial charge in [-0.15, -0.1) is 0 Å². The summed E-state index contributed by atoms with van der Waals surface area (Å²) in [5, 5.41) is 13.7. The minimum absolute atomic E-state index is 0.0291. The van der Waals surface area contributed by atoms with Crippen LogP contribution in [0, 0.1) is 12.7 Å². The third-order valence-corrected chi connectivity index (χ3v) is 3.28. The lowest BCUT2D eigenvalue weighted by molar-refractivity contribution is 0.126. The predicted octanol–water partition coefficient (Wildman–Crippen LogP) is 3.34. The fraction of sp³-hybridized carbons (Fsp3) is 0.600. The Labute approximate surface area is 109 Å². The monoisotopic (exact) mass is 253 g/mol. The molecule has 2 nitrogen and oxygen atoms in total. The molecule has 18 heavy (non-hydrogen) atoms. The molecule has 102 valence electrons. The van der Waals surface area contributed by atoms with Crippen LogP contribution in [0.15, 0.2) is 18.2 Å². The van der Waals surface area contributed by atoms with Gasteiger partial charge in [-0.1, -0.05) is 32.4 Å². The van der Waals surface area contributed by atoms with Crippen LogP contribution in [-0.2, 0) is 0 Å². The van der Waals surface area contributed by atoms with Gasteiger partial charge in [-0.05, 0) is 43.5 Å². The summed E-state index contributed by atoms with van der Waals surface area (Å²) in [6, 6.07) is 4.84. The second-order valence-corrected chi connectivity index (χ2v) is 4.78. The summed E-state index contributed by atoms with van der Waals surface area (Å²) >= 11 is 0. The van der Waals surface area contributed by atoms with Crippen molar-refractivity contribution in [1.82, 2.24) is 5.32 Å². The van der Waals surface area contributed by atoms with Gasteiger partial charge in [-0.25, -0.2) is 4.39 Å². The molecule has 1 rings (SSSR count). The lowest BCUT2D eigenvalue weighted by atomic mass is 9.98. The molecule has 0 bridgehead atoms. The molecule has 2 N–H and O–H groups in total. The van der Waals surface area contributed by atoms with E-state index in [2.05, 4.69) is 12.2 Å². The zero-order valence-electron chi connectivity index (χ0n) is 11.5. The molecule has 2 atom stereocenters. The molecule has 0 saturated heterocycles. The molecule has 2 unspecified atom stereocenters. The van der Waals surface area contributed by atoms with E-state index in [1.54, 1.807) is 19.1 Å². The van der Waals surface area contributed by atoms with Crippen LogP contribution in [0.4, 0.5) is 4.39 Å². The van der Waals surface area contributed by atoms with Gasteiger partial charge >= 0.3 is 0 Å². The largest absolute Gasteiger partial charge is 0.387 e. The summed E-state index contributed by atoms with van der Waals surface area (Å²) in [6.45, 7) is 6.81. The van der Waals surface area contributed by atoms with Crippen molar-refractivity contribution in [2.75, 3.05) is 6.54 Å². The van der Waals surface area contributed by atoms with Crippen molar-refractivity contribution < 1.29 is 9.50 Å². The number of halogens is 1. The van der Waals surface area contributed by atoms with E-state index in [4.69, 9.17) is 0 Å². The number of nitrogens with one attached hydrogen (secondary N) is 1. The highest BCUT2D eigenvalue weighted by Gasteiger charge is 2.19. The Bertz CT molecular complexity index is 368. The van der Waals surface area contributed by atoms with E-state index in [-0.39, 0.29) is 11.9 Å². The lowest BCUT2D eigenvalue weighted by Gasteiger charge is -2.23. The number of rotatable bonds is 7. The first-order valence-corrected chi connectivity index (χ1v) is 6.77. The summed E-state index contributed by atoms with van der Waals surface area (Å²) in [6.07, 6.45) is 2.51. The van der Waals surface area contributed by atoms with Gasteiger partial charge in [-0.2, -0.15) is 0 Å². The second kappa shape index (κ2) is 7.49. The van der Waals surface area contributed by atoms with Crippen molar-refractivity contribution in [3.05, 3.63) is 35.1 Å². The average Bonchev–Trinajstić information content (AvgIpc) is 2.37. The zero-order chi connectivity index (χ0) is 13.5. The van der Waals surface area contributed by atoms with Crippen molar-refractivity contribution >= 4 is 0 Å². The molecule has 1 aromatic carbocycles. The van der Waals surface area contributed by atoms with Gasteiger partial charge < -0.3 is 10.4 Å². The van der Waals surface area contributed by atoms with Crippen molar-refractivity contribution in [3.8, 4) is 0 Å². The molecule has 0 spiro atoms. The van der Waals surface area contributed by atoms with E-state index in [9.17, 15) is 9.50 Å². The first kappa shape index (κ1) is 15.1. The maximum absolute atomic E-state index is 13.2. The molecule has 0 heterocycles. The molecule has 3 heteroatoms. The van der Waals surface area contributed by atoms with Gasteiger partial charge in [0.2, 0.25) is 0 Å². The maximum Gasteiger partial charge on any atom is 0.126 e. The number of aliphatic hydroxyl groups excluding tert-OH is 1. The molecule has 0 amide bonds. The SMILES string of the molecule is CCCCNC(CC)C(O)c1ccc(F)c(C)c1. The topological polar surface area (TPSA) is 32.3 Å². The van der Waals surface area contributed by atoms with Gasteiger partial charge in [0.15, 0.2) is 0 Å². The van der Waals surface area contributed by atoms with Crippen LogP contribution < -0.4 is 5.32 Å². The van der Waals surface area contributed by atoms with Crippen LogP contribution >= 0.6 is 0 Å². The second-order valence-electron chi connectivity index (χ2n) is 4.78. The smallest absolute Gasteiger partial charge is 0.126 e. The molecule has 0 aliphatic rings. The molecule has 0 aromatic heterocycles. The summed E-state index contributed by atoms with van der Waals surface area (Å²) in [5.41, 5.74) is 1.36. The third-order valence-electron chi connectivity index (χ3n) is 3.28. The molecule has 0 fully saturated rings. The van der Waals surface area contributed by atoms with Crippen LogP contribution in [0.5, 0.6) is 0 Å². The number of benzene rings is 1. The highest BCUT2D eigenvalue weighted by molar-refractivity contribution is 5.26. The summed E-state index contributed by atoms with van der Waals surface area (Å²) in [7, 11) is 0. The highest BCUT2D eigenvalue weighted by atomic mass is 19.1. The van der Waals surface area contributed by atoms with Gasteiger partial charge in [0.05, 0.1) is 6.10 Å². The minimum Gasteiger partial charge on any atom is -0.387 e. The van der Waals surface area contributed by atoms with Crippen LogP contribution in [0.3, 0.4) is 0 Å². The summed E-state index contributed by atoms with van der Waals surface area (Å²) < 4.78 is 13.2. The van der Waals surface area contributed by atoms with Crippen LogP contribution in [0.25, 0.3) is 0 Å². The van der Waals surface area contributed by atoms with Crippen LogP contribution in [0.1, 0.15) is 50.3 Å². The first-order valence-electron chi connectivity index (χ1n) is 6.77. The Morgan fingerprint density at radius 1 is 1.33 bits per heavy atom. The predicted molar refractivity (Wildman–Crippen MR) is 73.1 cm³/mol. The van der Waals surface area contributed by atoms with Gasteiger partial charge in [0.25, 0.3) is 0 Å². The van der Waals surface area contributed by atoms with Crippen molar-refractivity contribution in [2.24, 2.45) is 0 Å². The Morgan fingerprint density at radius 2 is 2.06 bits per heavy atom. The van der Waals surface area contributed by atoms with Crippen molar-refractivity contribution in [1.29, 1.82) is 0 Å². The van der Waals surface area contributed by atoms with Gasteiger partial charge in [0.1, 0.15) is 5.82 Å². The zero-order valence-corrected chi connectivity index (χ0v) is 11.5. The molecular weight excluding hydrogens is 229 g/mol. The molecule has 0 aliphatic heterocycles. The van der Waals surface area contributed by atoms with Crippen LogP contribution in [0.2, 0.25) is 0 Å². The number of aliphatic hydroxyl groups is 1. The van der Waals surface area contributed by atoms with E-state index in [0.717, 1.165) is 31.4 Å². The van der Waals surface area contributed by atoms with E-state index in [1.807, 2.05) is 6.92 Å². The number of hydrogen-bond donors (Lipinski definition) is 2. The summed E-state index contributed by atoms with van der Waals surface area (Å²) in [4.78, 5) is 0. The van der Waals surface area contributed by atoms with E-state index < -0.39 is 6.10 Å². The fourth-order valence-corrected chi connectivity index (χ4v) is 2.03.